The van der Waals surface area contributed by atoms with Gasteiger partial charge in [0.2, 0.25) is 0 Å². The van der Waals surface area contributed by atoms with E-state index < -0.39 is 17.5 Å². The second kappa shape index (κ2) is 5.56. The number of nitrogen functional groups attached to an aromatic ring is 1. The van der Waals surface area contributed by atoms with E-state index in [1.165, 1.54) is 24.3 Å². The number of hydrogen-bond acceptors (Lipinski definition) is 3. The second-order valence-corrected chi connectivity index (χ2v) is 4.17. The molecule has 20 heavy (non-hydrogen) atoms. The van der Waals surface area contributed by atoms with Crippen molar-refractivity contribution in [1.29, 1.82) is 0 Å². The fourth-order valence-electron chi connectivity index (χ4n) is 1.67. The number of halogens is 2. The number of aromatic hydroxyl groups is 1. The number of nitrogens with two attached hydrogens (primary N) is 1. The third-order valence-corrected chi connectivity index (χ3v) is 2.75. The van der Waals surface area contributed by atoms with Crippen LogP contribution in [0.25, 0.3) is 0 Å². The van der Waals surface area contributed by atoms with Gasteiger partial charge < -0.3 is 16.2 Å². The quantitative estimate of drug-likeness (QED) is 0.595. The number of nitrogens with one attached hydrogen (secondary N) is 1. The summed E-state index contributed by atoms with van der Waals surface area (Å²) in [7, 11) is 0. The van der Waals surface area contributed by atoms with Crippen LogP contribution in [0.2, 0.25) is 0 Å². The van der Waals surface area contributed by atoms with E-state index in [0.29, 0.717) is 5.56 Å². The zero-order valence-corrected chi connectivity index (χ0v) is 10.4. The summed E-state index contributed by atoms with van der Waals surface area (Å²) in [5.41, 5.74) is 5.99. The lowest BCUT2D eigenvalue weighted by atomic mass is 10.1. The number of hydrogen-bond donors (Lipinski definition) is 3. The van der Waals surface area contributed by atoms with Crippen molar-refractivity contribution < 1.29 is 18.7 Å². The van der Waals surface area contributed by atoms with Crippen molar-refractivity contribution in [2.75, 3.05) is 5.73 Å². The number of phenols is 1. The molecule has 2 rings (SSSR count). The molecule has 0 aromatic heterocycles. The van der Waals surface area contributed by atoms with E-state index in [1.807, 2.05) is 0 Å². The van der Waals surface area contributed by atoms with Crippen LogP contribution >= 0.6 is 0 Å². The fourth-order valence-corrected chi connectivity index (χ4v) is 1.67. The van der Waals surface area contributed by atoms with Gasteiger partial charge in [-0.15, -0.1) is 0 Å². The van der Waals surface area contributed by atoms with Crippen LogP contribution in [-0.2, 0) is 6.54 Å². The zero-order valence-electron chi connectivity index (χ0n) is 10.4. The molecule has 6 heteroatoms. The van der Waals surface area contributed by atoms with Crippen molar-refractivity contribution in [2.45, 2.75) is 6.54 Å². The summed E-state index contributed by atoms with van der Waals surface area (Å²) in [6.07, 6.45) is 0. The van der Waals surface area contributed by atoms with Gasteiger partial charge in [0.25, 0.3) is 5.91 Å². The fraction of sp³-hybridized carbons (Fsp3) is 0.0714. The van der Waals surface area contributed by atoms with Crippen molar-refractivity contribution in [1.82, 2.24) is 5.32 Å². The number of anilines is 1. The summed E-state index contributed by atoms with van der Waals surface area (Å²) in [5.74, 6) is -2.80. The monoisotopic (exact) mass is 278 g/mol. The first-order valence-corrected chi connectivity index (χ1v) is 5.78. The highest BCUT2D eigenvalue weighted by Gasteiger charge is 2.12. The van der Waals surface area contributed by atoms with Crippen molar-refractivity contribution in [3.8, 4) is 5.75 Å². The van der Waals surface area contributed by atoms with Gasteiger partial charge >= 0.3 is 0 Å². The van der Waals surface area contributed by atoms with Crippen LogP contribution in [0.5, 0.6) is 5.75 Å². The minimum atomic E-state index is -0.983. The molecule has 0 radical (unpaired) electrons. The molecular formula is C14H12F2N2O2. The van der Waals surface area contributed by atoms with E-state index in [-0.39, 0.29) is 23.5 Å². The van der Waals surface area contributed by atoms with E-state index >= 15 is 0 Å². The molecule has 2 aromatic carbocycles. The van der Waals surface area contributed by atoms with Crippen LogP contribution in [0, 0.1) is 11.6 Å². The zero-order chi connectivity index (χ0) is 14.7. The number of amides is 1. The van der Waals surface area contributed by atoms with Crippen molar-refractivity contribution >= 4 is 11.6 Å². The van der Waals surface area contributed by atoms with E-state index in [4.69, 9.17) is 5.73 Å². The van der Waals surface area contributed by atoms with Crippen LogP contribution in [0.15, 0.2) is 36.4 Å². The van der Waals surface area contributed by atoms with Crippen molar-refractivity contribution in [3.63, 3.8) is 0 Å². The summed E-state index contributed by atoms with van der Waals surface area (Å²) >= 11 is 0. The van der Waals surface area contributed by atoms with Gasteiger partial charge in [0.05, 0.1) is 11.3 Å². The topological polar surface area (TPSA) is 75.4 Å². The van der Waals surface area contributed by atoms with Crippen LogP contribution in [0.3, 0.4) is 0 Å². The lowest BCUT2D eigenvalue weighted by molar-refractivity contribution is 0.0948. The van der Waals surface area contributed by atoms with Gasteiger partial charge in [-0.05, 0) is 29.8 Å². The Balaban J connectivity index is 2.08. The Labute approximate surface area is 113 Å². The number of carbonyl (C=O) groups excluding carboxylic acids is 1. The summed E-state index contributed by atoms with van der Waals surface area (Å²) in [6, 6.07) is 7.73. The Kier molecular flexibility index (Phi) is 3.84. The highest BCUT2D eigenvalue weighted by molar-refractivity contribution is 5.98. The van der Waals surface area contributed by atoms with Crippen molar-refractivity contribution in [2.24, 2.45) is 0 Å². The van der Waals surface area contributed by atoms with Gasteiger partial charge in [-0.2, -0.15) is 0 Å². The van der Waals surface area contributed by atoms with E-state index in [2.05, 4.69) is 5.32 Å². The number of para-hydroxylation sites is 1. The molecule has 4 nitrogen and oxygen atoms in total. The number of benzene rings is 2. The normalized spacial score (nSPS) is 10.3. The number of rotatable bonds is 3. The molecule has 0 aliphatic carbocycles. The Morgan fingerprint density at radius 3 is 2.65 bits per heavy atom. The standard InChI is InChI=1S/C14H12F2N2O2/c15-10-5-4-8(6-11(10)16)7-18-14(20)9-2-1-3-12(17)13(9)19/h1-6,19H,7,17H2,(H,18,20). The van der Waals surface area contributed by atoms with Gasteiger partial charge in [0.15, 0.2) is 17.4 Å². The van der Waals surface area contributed by atoms with Gasteiger partial charge in [-0.3, -0.25) is 4.79 Å². The Bertz CT molecular complexity index is 660. The summed E-state index contributed by atoms with van der Waals surface area (Å²) in [6.45, 7) is 0.00424. The molecule has 0 aliphatic rings. The van der Waals surface area contributed by atoms with E-state index in [1.54, 1.807) is 0 Å². The molecule has 0 saturated heterocycles. The maximum absolute atomic E-state index is 13.0. The lowest BCUT2D eigenvalue weighted by Crippen LogP contribution is -2.23. The van der Waals surface area contributed by atoms with E-state index in [0.717, 1.165) is 12.1 Å². The Hall–Kier alpha value is -2.63. The molecule has 0 unspecified atom stereocenters. The van der Waals surface area contributed by atoms with Gasteiger partial charge in [-0.25, -0.2) is 8.78 Å². The van der Waals surface area contributed by atoms with Crippen LogP contribution in [0.4, 0.5) is 14.5 Å². The van der Waals surface area contributed by atoms with Gasteiger partial charge in [-0.1, -0.05) is 12.1 Å². The molecule has 2 aromatic rings. The third-order valence-electron chi connectivity index (χ3n) is 2.75. The minimum Gasteiger partial charge on any atom is -0.505 e. The maximum atomic E-state index is 13.0. The molecule has 0 atom stereocenters. The van der Waals surface area contributed by atoms with Crippen LogP contribution < -0.4 is 11.1 Å². The number of carbonyl (C=O) groups is 1. The van der Waals surface area contributed by atoms with Crippen molar-refractivity contribution in [3.05, 3.63) is 59.2 Å². The molecule has 0 fully saturated rings. The highest BCUT2D eigenvalue weighted by atomic mass is 19.2. The Morgan fingerprint density at radius 2 is 1.95 bits per heavy atom. The average Bonchev–Trinajstić information content (AvgIpc) is 2.43. The molecule has 0 bridgehead atoms. The van der Waals surface area contributed by atoms with Crippen LogP contribution in [0.1, 0.15) is 15.9 Å². The predicted octanol–water partition coefficient (Wildman–Crippen LogP) is 2.18. The lowest BCUT2D eigenvalue weighted by Gasteiger charge is -2.08. The molecule has 0 heterocycles. The smallest absolute Gasteiger partial charge is 0.255 e. The van der Waals surface area contributed by atoms with Gasteiger partial charge in [0.1, 0.15) is 0 Å². The average molecular weight is 278 g/mol. The summed E-state index contributed by atoms with van der Waals surface area (Å²) in [5, 5.41) is 12.1. The Morgan fingerprint density at radius 1 is 1.20 bits per heavy atom. The van der Waals surface area contributed by atoms with Gasteiger partial charge in [0, 0.05) is 6.54 Å². The molecule has 4 N–H and O–H groups in total. The molecule has 1 amide bonds. The molecule has 0 aliphatic heterocycles. The molecule has 104 valence electrons. The summed E-state index contributed by atoms with van der Waals surface area (Å²) in [4.78, 5) is 11.8. The summed E-state index contributed by atoms with van der Waals surface area (Å²) < 4.78 is 25.7. The third kappa shape index (κ3) is 2.85. The predicted molar refractivity (Wildman–Crippen MR) is 70.0 cm³/mol. The minimum absolute atomic E-state index is 0.00424. The van der Waals surface area contributed by atoms with E-state index in [9.17, 15) is 18.7 Å². The first kappa shape index (κ1) is 13.8. The molecule has 0 saturated carbocycles. The van der Waals surface area contributed by atoms with Crippen LogP contribution in [-0.4, -0.2) is 11.0 Å². The SMILES string of the molecule is Nc1cccc(C(=O)NCc2ccc(F)c(F)c2)c1O. The molecule has 0 spiro atoms. The first-order valence-electron chi connectivity index (χ1n) is 5.78. The highest BCUT2D eigenvalue weighted by Crippen LogP contribution is 2.24. The second-order valence-electron chi connectivity index (χ2n) is 4.17. The largest absolute Gasteiger partial charge is 0.505 e. The first-order chi connectivity index (χ1) is 9.49. The molecular weight excluding hydrogens is 266 g/mol. The maximum Gasteiger partial charge on any atom is 0.255 e. The number of phenolic OH excluding ortho intramolecular Hbond substituents is 1.